The number of likely N-dealkylation sites (tertiary alicyclic amines) is 1. The van der Waals surface area contributed by atoms with Crippen LogP contribution in [0.3, 0.4) is 0 Å². The van der Waals surface area contributed by atoms with E-state index in [1.807, 2.05) is 31.2 Å². The number of carbonyl (C=O) groups excluding carboxylic acids is 1. The second-order valence-electron chi connectivity index (χ2n) is 8.08. The van der Waals surface area contributed by atoms with Gasteiger partial charge in [0, 0.05) is 31.1 Å². The molecule has 2 N–H and O–H groups in total. The highest BCUT2D eigenvalue weighted by Gasteiger charge is 2.31. The van der Waals surface area contributed by atoms with E-state index in [-0.39, 0.29) is 24.5 Å². The number of para-hydroxylation sites is 2. The topological polar surface area (TPSA) is 81.8 Å². The van der Waals surface area contributed by atoms with Crippen molar-refractivity contribution in [3.8, 4) is 0 Å². The zero-order valence-electron chi connectivity index (χ0n) is 16.5. The third-order valence-corrected chi connectivity index (χ3v) is 6.10. The number of hydrogen-bond donors (Lipinski definition) is 2. The average molecular weight is 386 g/mol. The molecule has 0 saturated carbocycles. The molecular formula is C21H30N4O3. The molecular weight excluding hydrogens is 356 g/mol. The van der Waals surface area contributed by atoms with Gasteiger partial charge in [-0.15, -0.1) is 0 Å². The third kappa shape index (κ3) is 4.15. The normalized spacial score (nSPS) is 21.1. The van der Waals surface area contributed by atoms with E-state index in [9.17, 15) is 4.79 Å². The molecule has 28 heavy (non-hydrogen) atoms. The Balaban J connectivity index is 1.26. The minimum Gasteiger partial charge on any atom is -0.423 e. The lowest BCUT2D eigenvalue weighted by atomic mass is 9.92. The summed E-state index contributed by atoms with van der Waals surface area (Å²) in [5.41, 5.74) is 1.76. The maximum Gasteiger partial charge on any atom is 0.298 e. The van der Waals surface area contributed by atoms with Crippen LogP contribution in [0.15, 0.2) is 28.7 Å². The van der Waals surface area contributed by atoms with Crippen LogP contribution in [0, 0.1) is 5.92 Å². The maximum atomic E-state index is 12.3. The van der Waals surface area contributed by atoms with E-state index in [1.54, 1.807) is 0 Å². The minimum absolute atomic E-state index is 0.0107. The first-order valence-electron chi connectivity index (χ1n) is 10.4. The van der Waals surface area contributed by atoms with Crippen LogP contribution in [-0.2, 0) is 4.79 Å². The molecule has 7 heteroatoms. The standard InChI is InChI=1S/C21H30N4O3/c1-15(14-26)22-20(27)16-6-10-24(11-7-16)17-8-12-25(13-9-17)21-23-18-4-2-3-5-19(18)28-21/h2-5,15-17,26H,6-14H2,1H3,(H,22,27). The summed E-state index contributed by atoms with van der Waals surface area (Å²) in [6.07, 6.45) is 3.99. The Labute approximate surface area is 165 Å². The first-order valence-corrected chi connectivity index (χ1v) is 10.4. The monoisotopic (exact) mass is 386 g/mol. The number of aliphatic hydroxyl groups is 1. The van der Waals surface area contributed by atoms with Gasteiger partial charge in [-0.2, -0.15) is 4.98 Å². The molecule has 152 valence electrons. The maximum absolute atomic E-state index is 12.3. The largest absolute Gasteiger partial charge is 0.423 e. The summed E-state index contributed by atoms with van der Waals surface area (Å²) in [5, 5.41) is 12.0. The number of nitrogens with zero attached hydrogens (tertiary/aromatic N) is 3. The number of oxazole rings is 1. The molecule has 0 radical (unpaired) electrons. The molecule has 2 aliphatic heterocycles. The number of amides is 1. The zero-order valence-corrected chi connectivity index (χ0v) is 16.5. The molecule has 0 bridgehead atoms. The molecule has 1 aromatic carbocycles. The molecule has 1 amide bonds. The molecule has 3 heterocycles. The number of hydrogen-bond acceptors (Lipinski definition) is 6. The van der Waals surface area contributed by atoms with Gasteiger partial charge < -0.3 is 24.6 Å². The quantitative estimate of drug-likeness (QED) is 0.818. The number of rotatable bonds is 5. The fourth-order valence-corrected chi connectivity index (χ4v) is 4.35. The predicted octanol–water partition coefficient (Wildman–Crippen LogP) is 2.01. The van der Waals surface area contributed by atoms with Crippen molar-refractivity contribution in [3.05, 3.63) is 24.3 Å². The Hall–Kier alpha value is -2.12. The number of carbonyl (C=O) groups is 1. The van der Waals surface area contributed by atoms with Crippen LogP contribution in [0.5, 0.6) is 0 Å². The Morgan fingerprint density at radius 2 is 1.93 bits per heavy atom. The number of benzene rings is 1. The van der Waals surface area contributed by atoms with Crippen molar-refractivity contribution < 1.29 is 14.3 Å². The Kier molecular flexibility index (Phi) is 5.82. The highest BCUT2D eigenvalue weighted by atomic mass is 16.4. The van der Waals surface area contributed by atoms with Gasteiger partial charge in [0.15, 0.2) is 5.58 Å². The number of anilines is 1. The smallest absolute Gasteiger partial charge is 0.298 e. The molecule has 1 atom stereocenters. The van der Waals surface area contributed by atoms with Crippen molar-refractivity contribution in [1.82, 2.24) is 15.2 Å². The summed E-state index contributed by atoms with van der Waals surface area (Å²) in [6.45, 7) is 5.66. The second-order valence-corrected chi connectivity index (χ2v) is 8.08. The molecule has 2 saturated heterocycles. The summed E-state index contributed by atoms with van der Waals surface area (Å²) >= 11 is 0. The van der Waals surface area contributed by atoms with E-state index in [4.69, 9.17) is 9.52 Å². The number of aliphatic hydroxyl groups excluding tert-OH is 1. The van der Waals surface area contributed by atoms with Gasteiger partial charge in [-0.1, -0.05) is 12.1 Å². The predicted molar refractivity (Wildman–Crippen MR) is 108 cm³/mol. The first-order chi connectivity index (χ1) is 13.6. The van der Waals surface area contributed by atoms with Crippen molar-refractivity contribution in [1.29, 1.82) is 0 Å². The minimum atomic E-state index is -0.165. The average Bonchev–Trinajstić information content (AvgIpc) is 3.18. The van der Waals surface area contributed by atoms with Crippen molar-refractivity contribution >= 4 is 23.0 Å². The van der Waals surface area contributed by atoms with Gasteiger partial charge in [0.05, 0.1) is 6.61 Å². The molecule has 1 unspecified atom stereocenters. The zero-order chi connectivity index (χ0) is 19.5. The fourth-order valence-electron chi connectivity index (χ4n) is 4.35. The lowest BCUT2D eigenvalue weighted by molar-refractivity contribution is -0.127. The van der Waals surface area contributed by atoms with Gasteiger partial charge in [-0.3, -0.25) is 4.79 Å². The van der Waals surface area contributed by atoms with Crippen molar-refractivity contribution in [2.24, 2.45) is 5.92 Å². The van der Waals surface area contributed by atoms with E-state index in [0.717, 1.165) is 69.0 Å². The Morgan fingerprint density at radius 3 is 2.61 bits per heavy atom. The van der Waals surface area contributed by atoms with E-state index >= 15 is 0 Å². The van der Waals surface area contributed by atoms with E-state index < -0.39 is 0 Å². The van der Waals surface area contributed by atoms with Crippen LogP contribution >= 0.6 is 0 Å². The van der Waals surface area contributed by atoms with Crippen molar-refractivity contribution in [2.75, 3.05) is 37.7 Å². The molecule has 1 aromatic heterocycles. The Bertz CT molecular complexity index is 759. The third-order valence-electron chi connectivity index (χ3n) is 6.10. The van der Waals surface area contributed by atoms with Crippen molar-refractivity contribution in [2.45, 2.75) is 44.7 Å². The van der Waals surface area contributed by atoms with Crippen LogP contribution in [0.2, 0.25) is 0 Å². The lowest BCUT2D eigenvalue weighted by Gasteiger charge is -2.41. The van der Waals surface area contributed by atoms with Crippen LogP contribution in [-0.4, -0.2) is 65.8 Å². The van der Waals surface area contributed by atoms with Gasteiger partial charge in [-0.05, 0) is 57.8 Å². The van der Waals surface area contributed by atoms with E-state index in [0.29, 0.717) is 6.04 Å². The van der Waals surface area contributed by atoms with E-state index in [1.165, 1.54) is 0 Å². The second kappa shape index (κ2) is 8.49. The molecule has 0 aliphatic carbocycles. The van der Waals surface area contributed by atoms with Gasteiger partial charge in [-0.25, -0.2) is 0 Å². The molecule has 2 aliphatic rings. The van der Waals surface area contributed by atoms with Crippen LogP contribution in [0.25, 0.3) is 11.1 Å². The van der Waals surface area contributed by atoms with Crippen LogP contribution in [0.4, 0.5) is 6.01 Å². The summed E-state index contributed by atoms with van der Waals surface area (Å²) in [4.78, 5) is 21.7. The van der Waals surface area contributed by atoms with Gasteiger partial charge >= 0.3 is 0 Å². The summed E-state index contributed by atoms with van der Waals surface area (Å²) in [7, 11) is 0. The van der Waals surface area contributed by atoms with Crippen molar-refractivity contribution in [3.63, 3.8) is 0 Å². The number of nitrogens with one attached hydrogen (secondary N) is 1. The van der Waals surface area contributed by atoms with E-state index in [2.05, 4.69) is 20.1 Å². The van der Waals surface area contributed by atoms with Gasteiger partial charge in [0.2, 0.25) is 5.91 Å². The summed E-state index contributed by atoms with van der Waals surface area (Å²) in [6, 6.07) is 9.03. The molecule has 2 aromatic rings. The van der Waals surface area contributed by atoms with Crippen LogP contribution in [0.1, 0.15) is 32.6 Å². The van der Waals surface area contributed by atoms with Gasteiger partial charge in [0.25, 0.3) is 6.01 Å². The Morgan fingerprint density at radius 1 is 1.21 bits per heavy atom. The lowest BCUT2D eigenvalue weighted by Crippen LogP contribution is -2.50. The summed E-state index contributed by atoms with van der Waals surface area (Å²) in [5.74, 6) is 0.164. The van der Waals surface area contributed by atoms with Gasteiger partial charge in [0.1, 0.15) is 5.52 Å². The molecule has 7 nitrogen and oxygen atoms in total. The highest BCUT2D eigenvalue weighted by molar-refractivity contribution is 5.79. The van der Waals surface area contributed by atoms with Crippen LogP contribution < -0.4 is 10.2 Å². The summed E-state index contributed by atoms with van der Waals surface area (Å²) < 4.78 is 5.91. The molecule has 4 rings (SSSR count). The highest BCUT2D eigenvalue weighted by Crippen LogP contribution is 2.28. The SMILES string of the molecule is CC(CO)NC(=O)C1CCN(C2CCN(c3nc4ccccc4o3)CC2)CC1. The number of fused-ring (bicyclic) bond motifs is 1. The number of aromatic nitrogens is 1. The number of piperidine rings is 2. The molecule has 2 fully saturated rings. The molecule has 0 spiro atoms. The first kappa shape index (κ1) is 19.2. The fraction of sp³-hybridized carbons (Fsp3) is 0.619.